The molecule has 1 N–H and O–H groups in total. The molecule has 2 aromatic heterocycles. The van der Waals surface area contributed by atoms with E-state index in [4.69, 9.17) is 4.42 Å². The first-order valence-corrected chi connectivity index (χ1v) is 12.9. The highest BCUT2D eigenvalue weighted by atomic mass is 32.2. The Hall–Kier alpha value is -4.22. The van der Waals surface area contributed by atoms with Gasteiger partial charge < -0.3 is 9.73 Å². The number of alkyl halides is 3. The van der Waals surface area contributed by atoms with E-state index in [1.165, 1.54) is 42.5 Å². The molecule has 40 heavy (non-hydrogen) atoms. The molecule has 0 spiro atoms. The number of rotatable bonds is 9. The topological polar surface area (TPSA) is 71.3 Å². The molecule has 0 radical (unpaired) electrons. The van der Waals surface area contributed by atoms with E-state index in [1.807, 2.05) is 34.6 Å². The van der Waals surface area contributed by atoms with E-state index >= 15 is 0 Å². The van der Waals surface area contributed by atoms with Crippen LogP contribution in [-0.4, -0.2) is 26.7 Å². The molecule has 204 valence electrons. The van der Waals surface area contributed by atoms with Gasteiger partial charge in [0.05, 0.1) is 30.0 Å². The highest BCUT2D eigenvalue weighted by molar-refractivity contribution is 7.96. The minimum Gasteiger partial charge on any atom is -0.449 e. The molecule has 0 aliphatic rings. The number of aromatic nitrogens is 2. The van der Waals surface area contributed by atoms with Crippen molar-refractivity contribution in [3.8, 4) is 11.3 Å². The summed E-state index contributed by atoms with van der Waals surface area (Å²) in [6.07, 6.45) is -3.12. The maximum Gasteiger partial charge on any atom is 0.416 e. The third-order valence-electron chi connectivity index (χ3n) is 5.89. The quantitative estimate of drug-likeness (QED) is 0.155. The van der Waals surface area contributed by atoms with Gasteiger partial charge in [0.15, 0.2) is 5.09 Å². The van der Waals surface area contributed by atoms with Crippen molar-refractivity contribution in [2.45, 2.75) is 24.4 Å². The van der Waals surface area contributed by atoms with Gasteiger partial charge in [-0.1, -0.05) is 42.5 Å². The highest BCUT2D eigenvalue weighted by Crippen LogP contribution is 2.32. The van der Waals surface area contributed by atoms with E-state index in [-0.39, 0.29) is 24.8 Å². The summed E-state index contributed by atoms with van der Waals surface area (Å²) in [6.45, 7) is 0.556. The zero-order valence-electron chi connectivity index (χ0n) is 20.9. The van der Waals surface area contributed by atoms with Gasteiger partial charge in [-0.2, -0.15) is 13.2 Å². The smallest absolute Gasteiger partial charge is 0.416 e. The predicted octanol–water partition coefficient (Wildman–Crippen LogP) is 6.87. The fourth-order valence-corrected chi connectivity index (χ4v) is 4.91. The lowest BCUT2D eigenvalue weighted by atomic mass is 10.1. The lowest BCUT2D eigenvalue weighted by Crippen LogP contribution is -2.33. The minimum absolute atomic E-state index is 0.0157. The van der Waals surface area contributed by atoms with Crippen molar-refractivity contribution in [1.29, 1.82) is 0 Å². The Balaban J connectivity index is 1.25. The van der Waals surface area contributed by atoms with Crippen LogP contribution >= 0.6 is 11.9 Å². The van der Waals surface area contributed by atoms with Crippen molar-refractivity contribution in [1.82, 2.24) is 19.6 Å². The number of amides is 1. The third kappa shape index (κ3) is 7.04. The second-order valence-electron chi connectivity index (χ2n) is 8.87. The molecule has 0 atom stereocenters. The Kier molecular flexibility index (Phi) is 8.13. The molecule has 0 saturated carbocycles. The number of hydrogen-bond acceptors (Lipinski definition) is 6. The molecule has 1 amide bonds. The number of furan rings is 1. The van der Waals surface area contributed by atoms with E-state index in [0.717, 1.165) is 17.7 Å². The Morgan fingerprint density at radius 2 is 1.73 bits per heavy atom. The van der Waals surface area contributed by atoms with Crippen molar-refractivity contribution >= 4 is 28.8 Å². The number of carbonyl (C=O) groups is 1. The van der Waals surface area contributed by atoms with Crippen LogP contribution in [-0.2, 0) is 24.1 Å². The Bertz CT molecular complexity index is 1610. The van der Waals surface area contributed by atoms with Crippen molar-refractivity contribution in [2.75, 3.05) is 6.54 Å². The SMILES string of the molecule is O=C(CN(Cc1ccccc1)Sc1cc2cc(F)ccc2o1)NCc1cc(-c2ccc(C(F)(F)F)cc2)ncn1. The molecule has 5 rings (SSSR count). The predicted molar refractivity (Wildman–Crippen MR) is 143 cm³/mol. The standard InChI is InChI=1S/C29H22F4N4O2S/c30-23-10-11-26-21(12-23)13-28(39-26)40-37(16-19-4-2-1-3-5-19)17-27(38)34-15-24-14-25(36-18-35-24)20-6-8-22(9-7-20)29(31,32)33/h1-14,18H,15-17H2,(H,34,38). The van der Waals surface area contributed by atoms with Crippen LogP contribution in [0.2, 0.25) is 0 Å². The fraction of sp³-hybridized carbons (Fsp3) is 0.138. The number of fused-ring (bicyclic) bond motifs is 1. The molecule has 5 aromatic rings. The largest absolute Gasteiger partial charge is 0.449 e. The van der Waals surface area contributed by atoms with E-state index in [1.54, 1.807) is 18.2 Å². The molecule has 0 saturated heterocycles. The van der Waals surface area contributed by atoms with E-state index in [2.05, 4.69) is 15.3 Å². The van der Waals surface area contributed by atoms with Crippen molar-refractivity contribution in [3.63, 3.8) is 0 Å². The number of halogens is 4. The van der Waals surface area contributed by atoms with Gasteiger partial charge in [-0.05, 0) is 60.0 Å². The summed E-state index contributed by atoms with van der Waals surface area (Å²) in [5.74, 6) is -0.642. The monoisotopic (exact) mass is 566 g/mol. The van der Waals surface area contributed by atoms with Crippen LogP contribution in [0.25, 0.3) is 22.2 Å². The van der Waals surface area contributed by atoms with Crippen LogP contribution in [0.5, 0.6) is 0 Å². The molecule has 0 fully saturated rings. The molecular weight excluding hydrogens is 544 g/mol. The summed E-state index contributed by atoms with van der Waals surface area (Å²) in [5, 5.41) is 3.97. The Morgan fingerprint density at radius 3 is 2.48 bits per heavy atom. The van der Waals surface area contributed by atoms with E-state index in [0.29, 0.717) is 39.6 Å². The molecule has 0 aliphatic carbocycles. The first kappa shape index (κ1) is 27.4. The van der Waals surface area contributed by atoms with Crippen LogP contribution < -0.4 is 5.32 Å². The lowest BCUT2D eigenvalue weighted by molar-refractivity contribution is -0.137. The molecule has 0 aliphatic heterocycles. The van der Waals surface area contributed by atoms with E-state index in [9.17, 15) is 22.4 Å². The maximum absolute atomic E-state index is 13.6. The van der Waals surface area contributed by atoms with Gasteiger partial charge in [0.25, 0.3) is 0 Å². The average molecular weight is 567 g/mol. The fourth-order valence-electron chi connectivity index (χ4n) is 3.96. The summed E-state index contributed by atoms with van der Waals surface area (Å²) < 4.78 is 59.9. The zero-order chi connectivity index (χ0) is 28.1. The highest BCUT2D eigenvalue weighted by Gasteiger charge is 2.30. The van der Waals surface area contributed by atoms with Crippen LogP contribution in [0.4, 0.5) is 17.6 Å². The number of nitrogens with zero attached hydrogens (tertiary/aromatic N) is 3. The number of hydrogen-bond donors (Lipinski definition) is 1. The third-order valence-corrected chi connectivity index (χ3v) is 6.79. The molecule has 6 nitrogen and oxygen atoms in total. The summed E-state index contributed by atoms with van der Waals surface area (Å²) in [5.41, 5.74) is 2.22. The summed E-state index contributed by atoms with van der Waals surface area (Å²) in [6, 6.07) is 21.9. The van der Waals surface area contributed by atoms with Gasteiger partial charge in [-0.15, -0.1) is 0 Å². The molecule has 11 heteroatoms. The van der Waals surface area contributed by atoms with Gasteiger partial charge in [-0.3, -0.25) is 4.79 Å². The number of benzene rings is 3. The van der Waals surface area contributed by atoms with Crippen LogP contribution in [0.15, 0.2) is 101 Å². The molecule has 3 aromatic carbocycles. The van der Waals surface area contributed by atoms with Crippen LogP contribution in [0.3, 0.4) is 0 Å². The van der Waals surface area contributed by atoms with Gasteiger partial charge in [0.2, 0.25) is 5.91 Å². The minimum atomic E-state index is -4.42. The van der Waals surface area contributed by atoms with Gasteiger partial charge >= 0.3 is 6.18 Å². The molecule has 2 heterocycles. The van der Waals surface area contributed by atoms with Gasteiger partial charge in [-0.25, -0.2) is 18.7 Å². The molecule has 0 bridgehead atoms. The first-order valence-electron chi connectivity index (χ1n) is 12.1. The van der Waals surface area contributed by atoms with Crippen LogP contribution in [0.1, 0.15) is 16.8 Å². The van der Waals surface area contributed by atoms with Crippen molar-refractivity contribution < 1.29 is 26.8 Å². The van der Waals surface area contributed by atoms with Crippen molar-refractivity contribution in [3.05, 3.63) is 114 Å². The van der Waals surface area contributed by atoms with Crippen molar-refractivity contribution in [2.24, 2.45) is 0 Å². The average Bonchev–Trinajstić information content (AvgIpc) is 3.33. The molecule has 0 unspecified atom stereocenters. The summed E-state index contributed by atoms with van der Waals surface area (Å²) in [4.78, 5) is 21.2. The first-order chi connectivity index (χ1) is 19.2. The Morgan fingerprint density at radius 1 is 0.950 bits per heavy atom. The number of nitrogens with one attached hydrogen (secondary N) is 1. The zero-order valence-corrected chi connectivity index (χ0v) is 21.7. The normalized spacial score (nSPS) is 11.7. The summed E-state index contributed by atoms with van der Waals surface area (Å²) >= 11 is 1.25. The Labute approximate surface area is 231 Å². The second-order valence-corrected chi connectivity index (χ2v) is 9.97. The van der Waals surface area contributed by atoms with Gasteiger partial charge in [0.1, 0.15) is 17.7 Å². The number of carbonyl (C=O) groups excluding carboxylic acids is 1. The maximum atomic E-state index is 13.6. The molecular formula is C29H22F4N4O2S. The van der Waals surface area contributed by atoms with Gasteiger partial charge in [0, 0.05) is 17.5 Å². The summed E-state index contributed by atoms with van der Waals surface area (Å²) in [7, 11) is 0. The van der Waals surface area contributed by atoms with Crippen LogP contribution in [0, 0.1) is 5.82 Å². The van der Waals surface area contributed by atoms with E-state index < -0.39 is 11.7 Å². The second kappa shape index (κ2) is 11.9. The lowest BCUT2D eigenvalue weighted by Gasteiger charge is -2.19.